The summed E-state index contributed by atoms with van der Waals surface area (Å²) >= 11 is 0. The van der Waals surface area contributed by atoms with Gasteiger partial charge in [-0.2, -0.15) is 4.98 Å². The third kappa shape index (κ3) is 5.85. The smallest absolute Gasteiger partial charge is 0.295 e. The second-order valence-electron chi connectivity index (χ2n) is 12.1. The number of ether oxygens (including phenoxy) is 3. The van der Waals surface area contributed by atoms with E-state index in [2.05, 4.69) is 44.0 Å². The van der Waals surface area contributed by atoms with Crippen LogP contribution in [-0.2, 0) is 9.53 Å². The molecule has 3 aliphatic heterocycles. The Bertz CT molecular complexity index is 1940. The van der Waals surface area contributed by atoms with E-state index in [9.17, 15) is 18.4 Å². The number of likely N-dealkylation sites (tertiary alicyclic amines) is 1. The molecular weight excluding hydrogens is 612 g/mol. The maximum absolute atomic E-state index is 14.4. The Morgan fingerprint density at radius 1 is 1.04 bits per heavy atom. The minimum Gasteiger partial charge on any atom is -0.494 e. The van der Waals surface area contributed by atoms with Crippen molar-refractivity contribution in [1.29, 1.82) is 0 Å². The number of rotatable bonds is 9. The highest BCUT2D eigenvalue weighted by molar-refractivity contribution is 6.02. The molecule has 0 bridgehead atoms. The fourth-order valence-electron chi connectivity index (χ4n) is 6.54. The Balaban J connectivity index is 1.24. The molecule has 2 aromatic carbocycles. The minimum absolute atomic E-state index is 0.162. The first-order valence-corrected chi connectivity index (χ1v) is 15.2. The van der Waals surface area contributed by atoms with Crippen LogP contribution in [0.5, 0.6) is 17.2 Å². The van der Waals surface area contributed by atoms with Gasteiger partial charge in [0, 0.05) is 49.9 Å². The van der Waals surface area contributed by atoms with Crippen LogP contribution in [0.15, 0.2) is 60.0 Å². The quantitative estimate of drug-likeness (QED) is 0.255. The highest BCUT2D eigenvalue weighted by Crippen LogP contribution is 2.42. The van der Waals surface area contributed by atoms with Gasteiger partial charge in [-0.15, -0.1) is 0 Å². The summed E-state index contributed by atoms with van der Waals surface area (Å²) in [4.78, 5) is 39.9. The van der Waals surface area contributed by atoms with Gasteiger partial charge in [-0.3, -0.25) is 14.2 Å². The number of fused-ring (bicyclic) bond motifs is 2. The lowest BCUT2D eigenvalue weighted by Crippen LogP contribution is -2.38. The number of carbonyl (C=O) groups is 1. The van der Waals surface area contributed by atoms with Gasteiger partial charge in [0.2, 0.25) is 11.9 Å². The van der Waals surface area contributed by atoms with E-state index in [0.717, 1.165) is 44.0 Å². The standard InChI is InChI=1S/C33H33F2N7O5/c1-4-30(43)37-24-9-25(28(45-3)10-26(24)41-14-19-12-40(2)13-20(19)15-41)38-33-36-11-18-7-29(47-27-6-5-21(34)8-23(27)35)32(44)42(31(18)39-33)22-16-46-17-22/h4-11,19-20,22H,1,12-17H2,2-3H3,(H,37,43)(H,36,38,39)/t19-,20+. The van der Waals surface area contributed by atoms with E-state index in [1.165, 1.54) is 22.9 Å². The SMILES string of the molecule is C=CC(=O)Nc1cc(Nc2ncc3cc(Oc4ccc(F)cc4F)c(=O)n(C4COC4)c3n2)c(OC)cc1N1C[C@H]2CN(C)C[C@H]2C1. The van der Waals surface area contributed by atoms with E-state index in [1.807, 2.05) is 6.07 Å². The average molecular weight is 646 g/mol. The number of hydrogen-bond donors (Lipinski definition) is 2. The van der Waals surface area contributed by atoms with Crippen LogP contribution < -0.4 is 30.6 Å². The van der Waals surface area contributed by atoms with Gasteiger partial charge in [0.05, 0.1) is 43.4 Å². The summed E-state index contributed by atoms with van der Waals surface area (Å²) in [5.74, 6) is -0.780. The molecule has 12 nitrogen and oxygen atoms in total. The molecule has 0 aliphatic carbocycles. The van der Waals surface area contributed by atoms with Crippen molar-refractivity contribution in [2.24, 2.45) is 11.8 Å². The lowest BCUT2D eigenvalue weighted by Gasteiger charge is -2.29. The summed E-state index contributed by atoms with van der Waals surface area (Å²) in [7, 11) is 3.69. The fraction of sp³-hybridized carbons (Fsp3) is 0.333. The molecule has 3 saturated heterocycles. The van der Waals surface area contributed by atoms with Crippen LogP contribution in [0.3, 0.4) is 0 Å². The van der Waals surface area contributed by atoms with E-state index in [-0.39, 0.29) is 42.6 Å². The molecule has 3 aliphatic rings. The number of aromatic nitrogens is 3. The van der Waals surface area contributed by atoms with E-state index in [0.29, 0.717) is 46.1 Å². The zero-order valence-corrected chi connectivity index (χ0v) is 25.8. The van der Waals surface area contributed by atoms with Crippen molar-refractivity contribution >= 4 is 40.0 Å². The number of halogens is 2. The largest absolute Gasteiger partial charge is 0.494 e. The number of nitrogens with zero attached hydrogens (tertiary/aromatic N) is 5. The summed E-state index contributed by atoms with van der Waals surface area (Å²) in [5.41, 5.74) is 1.64. The molecule has 0 spiro atoms. The number of carbonyl (C=O) groups excluding carboxylic acids is 1. The lowest BCUT2D eigenvalue weighted by molar-refractivity contribution is -0.111. The monoisotopic (exact) mass is 645 g/mol. The van der Waals surface area contributed by atoms with Crippen molar-refractivity contribution in [2.75, 3.05) is 69.1 Å². The number of benzene rings is 2. The van der Waals surface area contributed by atoms with Crippen LogP contribution in [-0.4, -0.2) is 78.9 Å². The molecule has 0 radical (unpaired) electrons. The Hall–Kier alpha value is -5.08. The number of nitrogens with one attached hydrogen (secondary N) is 2. The van der Waals surface area contributed by atoms with Gasteiger partial charge in [0.1, 0.15) is 17.2 Å². The third-order valence-electron chi connectivity index (χ3n) is 8.86. The maximum Gasteiger partial charge on any atom is 0.295 e. The number of pyridine rings is 1. The number of hydrogen-bond acceptors (Lipinski definition) is 10. The van der Waals surface area contributed by atoms with E-state index < -0.39 is 17.2 Å². The van der Waals surface area contributed by atoms with Gasteiger partial charge in [-0.25, -0.2) is 13.8 Å². The normalized spacial score (nSPS) is 19.4. The molecule has 4 aromatic rings. The first-order chi connectivity index (χ1) is 22.7. The van der Waals surface area contributed by atoms with Crippen LogP contribution in [0, 0.1) is 23.5 Å². The first-order valence-electron chi connectivity index (χ1n) is 15.2. The van der Waals surface area contributed by atoms with E-state index in [4.69, 9.17) is 14.2 Å². The Kier molecular flexibility index (Phi) is 7.98. The second-order valence-corrected chi connectivity index (χ2v) is 12.1. The zero-order valence-electron chi connectivity index (χ0n) is 25.8. The summed E-state index contributed by atoms with van der Waals surface area (Å²) in [5, 5.41) is 6.57. The molecule has 0 saturated carbocycles. The summed E-state index contributed by atoms with van der Waals surface area (Å²) in [6.45, 7) is 7.91. The molecule has 14 heteroatoms. The summed E-state index contributed by atoms with van der Waals surface area (Å²) < 4.78 is 46.0. The predicted octanol–water partition coefficient (Wildman–Crippen LogP) is 4.31. The van der Waals surface area contributed by atoms with Gasteiger partial charge in [0.15, 0.2) is 17.3 Å². The molecule has 2 atom stereocenters. The summed E-state index contributed by atoms with van der Waals surface area (Å²) in [6, 6.07) is 7.57. The molecular formula is C33H33F2N7O5. The highest BCUT2D eigenvalue weighted by Gasteiger charge is 2.39. The second kappa shape index (κ2) is 12.3. The molecule has 1 amide bonds. The van der Waals surface area contributed by atoms with Crippen molar-refractivity contribution in [3.63, 3.8) is 0 Å². The van der Waals surface area contributed by atoms with Crippen LogP contribution in [0.4, 0.5) is 31.8 Å². The topological polar surface area (TPSA) is 123 Å². The predicted molar refractivity (Wildman–Crippen MR) is 172 cm³/mol. The van der Waals surface area contributed by atoms with Crippen molar-refractivity contribution in [3.05, 3.63) is 77.2 Å². The molecule has 47 heavy (non-hydrogen) atoms. The van der Waals surface area contributed by atoms with E-state index >= 15 is 0 Å². The maximum atomic E-state index is 14.4. The molecule has 7 rings (SSSR count). The molecule has 2 aromatic heterocycles. The molecule has 0 unspecified atom stereocenters. The zero-order chi connectivity index (χ0) is 32.8. The van der Waals surface area contributed by atoms with Crippen molar-refractivity contribution in [1.82, 2.24) is 19.4 Å². The van der Waals surface area contributed by atoms with Crippen LogP contribution >= 0.6 is 0 Å². The molecule has 244 valence electrons. The van der Waals surface area contributed by atoms with Gasteiger partial charge in [-0.1, -0.05) is 6.58 Å². The number of amides is 1. The molecule has 2 N–H and O–H groups in total. The highest BCUT2D eigenvalue weighted by atomic mass is 19.1. The summed E-state index contributed by atoms with van der Waals surface area (Å²) in [6.07, 6.45) is 2.72. The van der Waals surface area contributed by atoms with Gasteiger partial charge in [-0.05, 0) is 49.2 Å². The van der Waals surface area contributed by atoms with Gasteiger partial charge in [0.25, 0.3) is 5.56 Å². The van der Waals surface area contributed by atoms with Crippen molar-refractivity contribution in [2.45, 2.75) is 6.04 Å². The van der Waals surface area contributed by atoms with Gasteiger partial charge < -0.3 is 34.6 Å². The first kappa shape index (κ1) is 30.6. The van der Waals surface area contributed by atoms with Gasteiger partial charge >= 0.3 is 0 Å². The lowest BCUT2D eigenvalue weighted by atomic mass is 10.0. The van der Waals surface area contributed by atoms with Crippen LogP contribution in [0.1, 0.15) is 6.04 Å². The Labute approximate surface area is 268 Å². The Morgan fingerprint density at radius 3 is 2.47 bits per heavy atom. The van der Waals surface area contributed by atoms with E-state index in [1.54, 1.807) is 13.2 Å². The molecule has 5 heterocycles. The molecule has 3 fully saturated rings. The minimum atomic E-state index is -0.942. The number of methoxy groups -OCH3 is 1. The van der Waals surface area contributed by atoms with Crippen LogP contribution in [0.2, 0.25) is 0 Å². The van der Waals surface area contributed by atoms with Crippen molar-refractivity contribution < 1.29 is 27.8 Å². The average Bonchev–Trinajstić information content (AvgIpc) is 3.57. The Morgan fingerprint density at radius 2 is 1.81 bits per heavy atom. The van der Waals surface area contributed by atoms with Crippen LogP contribution in [0.25, 0.3) is 11.0 Å². The number of anilines is 4. The third-order valence-corrected chi connectivity index (χ3v) is 8.86. The fourth-order valence-corrected chi connectivity index (χ4v) is 6.54. The van der Waals surface area contributed by atoms with Crippen molar-refractivity contribution in [3.8, 4) is 17.2 Å².